The Balaban J connectivity index is 1.47. The molecule has 4 rings (SSSR count). The number of benzene rings is 2. The Morgan fingerprint density at radius 1 is 0.897 bits per heavy atom. The van der Waals surface area contributed by atoms with Crippen molar-refractivity contribution >= 4 is 18.0 Å². The van der Waals surface area contributed by atoms with Crippen molar-refractivity contribution in [3.8, 4) is 11.1 Å². The molecule has 0 spiro atoms. The maximum Gasteiger partial charge on any atom is 0.409 e. The summed E-state index contributed by atoms with van der Waals surface area (Å²) in [6.45, 7) is 0.143. The van der Waals surface area contributed by atoms with Crippen molar-refractivity contribution in [2.24, 2.45) is 11.8 Å². The van der Waals surface area contributed by atoms with E-state index in [4.69, 9.17) is 4.74 Å². The number of hydrogen-bond donors (Lipinski definition) is 2. The van der Waals surface area contributed by atoms with Crippen molar-refractivity contribution in [1.29, 1.82) is 0 Å². The quantitative estimate of drug-likeness (QED) is 0.825. The molecule has 2 aromatic carbocycles. The van der Waals surface area contributed by atoms with Crippen LogP contribution in [0.2, 0.25) is 0 Å². The minimum atomic E-state index is -1.21. The normalized spacial score (nSPS) is 20.6. The average molecular weight is 395 g/mol. The van der Waals surface area contributed by atoms with Crippen molar-refractivity contribution in [2.45, 2.75) is 12.3 Å². The first kappa shape index (κ1) is 19.0. The van der Waals surface area contributed by atoms with Gasteiger partial charge in [0.2, 0.25) is 0 Å². The predicted molar refractivity (Wildman–Crippen MR) is 104 cm³/mol. The number of carboxylic acid groups (broad SMARTS) is 2. The standard InChI is InChI=1S/C22H21NO6/c24-20(25)17-9-10-23(11-18(17)21(26)27)22(28)29-12-19-15-7-3-1-5-13(15)14-6-2-4-8-16(14)19/h1-8,17-19H,9-12H2,(H,24,25)(H,26,27). The fourth-order valence-corrected chi connectivity index (χ4v) is 4.35. The molecule has 2 aromatic rings. The summed E-state index contributed by atoms with van der Waals surface area (Å²) in [6.07, 6.45) is -0.516. The van der Waals surface area contributed by atoms with Crippen molar-refractivity contribution in [1.82, 2.24) is 4.90 Å². The highest BCUT2D eigenvalue weighted by atomic mass is 16.6. The van der Waals surface area contributed by atoms with Crippen molar-refractivity contribution in [3.63, 3.8) is 0 Å². The highest BCUT2D eigenvalue weighted by molar-refractivity contribution is 5.82. The molecule has 1 aliphatic heterocycles. The number of aliphatic carboxylic acids is 2. The van der Waals surface area contributed by atoms with Gasteiger partial charge in [-0.15, -0.1) is 0 Å². The zero-order valence-electron chi connectivity index (χ0n) is 15.7. The molecule has 1 saturated heterocycles. The highest BCUT2D eigenvalue weighted by Crippen LogP contribution is 2.44. The topological polar surface area (TPSA) is 104 Å². The van der Waals surface area contributed by atoms with Crippen LogP contribution in [0.15, 0.2) is 48.5 Å². The van der Waals surface area contributed by atoms with Gasteiger partial charge in [-0.1, -0.05) is 48.5 Å². The molecular formula is C22H21NO6. The molecular weight excluding hydrogens is 374 g/mol. The molecule has 2 N–H and O–H groups in total. The zero-order chi connectivity index (χ0) is 20.5. The van der Waals surface area contributed by atoms with E-state index in [1.807, 2.05) is 48.5 Å². The molecule has 7 nitrogen and oxygen atoms in total. The number of fused-ring (bicyclic) bond motifs is 3. The summed E-state index contributed by atoms with van der Waals surface area (Å²) in [5.74, 6) is -4.58. The van der Waals surface area contributed by atoms with Gasteiger partial charge in [-0.3, -0.25) is 9.59 Å². The Hall–Kier alpha value is -3.35. The number of rotatable bonds is 4. The van der Waals surface area contributed by atoms with Crippen LogP contribution in [-0.4, -0.2) is 52.8 Å². The minimum Gasteiger partial charge on any atom is -0.481 e. The molecule has 1 heterocycles. The molecule has 1 fully saturated rings. The number of carbonyl (C=O) groups is 3. The maximum absolute atomic E-state index is 12.6. The first-order chi connectivity index (χ1) is 14.0. The largest absolute Gasteiger partial charge is 0.481 e. The molecule has 0 bridgehead atoms. The third-order valence-electron chi connectivity index (χ3n) is 5.84. The van der Waals surface area contributed by atoms with E-state index in [2.05, 4.69) is 0 Å². The predicted octanol–water partition coefficient (Wildman–Crippen LogP) is 3.04. The van der Waals surface area contributed by atoms with Crippen LogP contribution < -0.4 is 0 Å². The Morgan fingerprint density at radius 2 is 1.45 bits per heavy atom. The Labute approximate surface area is 167 Å². The molecule has 1 aliphatic carbocycles. The Morgan fingerprint density at radius 3 is 2.00 bits per heavy atom. The molecule has 1 amide bonds. The van der Waals surface area contributed by atoms with Gasteiger partial charge in [0, 0.05) is 19.0 Å². The second-order valence-electron chi connectivity index (χ2n) is 7.43. The smallest absolute Gasteiger partial charge is 0.409 e. The number of ether oxygens (including phenoxy) is 1. The van der Waals surface area contributed by atoms with E-state index in [1.165, 1.54) is 4.90 Å². The van der Waals surface area contributed by atoms with Crippen LogP contribution in [0, 0.1) is 11.8 Å². The fourth-order valence-electron chi connectivity index (χ4n) is 4.35. The van der Waals surface area contributed by atoms with Gasteiger partial charge in [0.05, 0.1) is 11.8 Å². The van der Waals surface area contributed by atoms with Gasteiger partial charge in [-0.05, 0) is 28.7 Å². The molecule has 0 radical (unpaired) electrons. The van der Waals surface area contributed by atoms with Crippen LogP contribution in [-0.2, 0) is 14.3 Å². The van der Waals surface area contributed by atoms with Crippen LogP contribution in [0.4, 0.5) is 4.79 Å². The third kappa shape index (κ3) is 3.44. The average Bonchev–Trinajstić information content (AvgIpc) is 3.05. The van der Waals surface area contributed by atoms with Gasteiger partial charge >= 0.3 is 18.0 Å². The summed E-state index contributed by atoms with van der Waals surface area (Å²) in [5, 5.41) is 18.6. The van der Waals surface area contributed by atoms with Crippen LogP contribution >= 0.6 is 0 Å². The monoisotopic (exact) mass is 395 g/mol. The molecule has 2 atom stereocenters. The SMILES string of the molecule is O=C(O)C1CCN(C(=O)OCC2c3ccccc3-c3ccccc32)CC1C(=O)O. The van der Waals surface area contributed by atoms with Crippen molar-refractivity contribution in [3.05, 3.63) is 59.7 Å². The van der Waals surface area contributed by atoms with Gasteiger partial charge in [-0.25, -0.2) is 4.79 Å². The molecule has 29 heavy (non-hydrogen) atoms. The summed E-state index contributed by atoms with van der Waals surface area (Å²) in [4.78, 5) is 36.6. The second-order valence-corrected chi connectivity index (χ2v) is 7.43. The van der Waals surface area contributed by atoms with Gasteiger partial charge in [0.25, 0.3) is 0 Å². The lowest BCUT2D eigenvalue weighted by atomic mass is 9.86. The van der Waals surface area contributed by atoms with Crippen molar-refractivity contribution in [2.75, 3.05) is 19.7 Å². The number of carbonyl (C=O) groups excluding carboxylic acids is 1. The highest BCUT2D eigenvalue weighted by Gasteiger charge is 2.41. The zero-order valence-corrected chi connectivity index (χ0v) is 15.7. The van der Waals surface area contributed by atoms with E-state index in [-0.39, 0.29) is 32.0 Å². The number of nitrogens with zero attached hydrogens (tertiary/aromatic N) is 1. The van der Waals surface area contributed by atoms with Crippen LogP contribution in [0.5, 0.6) is 0 Å². The maximum atomic E-state index is 12.6. The van der Waals surface area contributed by atoms with Crippen LogP contribution in [0.25, 0.3) is 11.1 Å². The van der Waals surface area contributed by atoms with Crippen molar-refractivity contribution < 1.29 is 29.3 Å². The van der Waals surface area contributed by atoms with Gasteiger partial charge < -0.3 is 19.8 Å². The van der Waals surface area contributed by atoms with E-state index < -0.39 is 29.9 Å². The van der Waals surface area contributed by atoms with Gasteiger partial charge in [0.15, 0.2) is 0 Å². The molecule has 0 saturated carbocycles. The van der Waals surface area contributed by atoms with E-state index >= 15 is 0 Å². The molecule has 7 heteroatoms. The fraction of sp³-hybridized carbons (Fsp3) is 0.318. The lowest BCUT2D eigenvalue weighted by Crippen LogP contribution is -2.48. The lowest BCUT2D eigenvalue weighted by Gasteiger charge is -2.34. The number of likely N-dealkylation sites (tertiary alicyclic amines) is 1. The molecule has 2 unspecified atom stereocenters. The molecule has 150 valence electrons. The Bertz CT molecular complexity index is 926. The van der Waals surface area contributed by atoms with E-state index in [1.54, 1.807) is 0 Å². The van der Waals surface area contributed by atoms with Gasteiger partial charge in [-0.2, -0.15) is 0 Å². The van der Waals surface area contributed by atoms with Crippen LogP contribution in [0.1, 0.15) is 23.5 Å². The lowest BCUT2D eigenvalue weighted by molar-refractivity contribution is -0.156. The Kier molecular flexibility index (Phi) is 4.96. The number of carboxylic acids is 2. The van der Waals surface area contributed by atoms with Crippen LogP contribution in [0.3, 0.4) is 0 Å². The van der Waals surface area contributed by atoms with Gasteiger partial charge in [0.1, 0.15) is 6.61 Å². The molecule has 2 aliphatic rings. The first-order valence-electron chi connectivity index (χ1n) is 9.53. The number of piperidine rings is 1. The van der Waals surface area contributed by atoms with E-state index in [0.717, 1.165) is 22.3 Å². The summed E-state index contributed by atoms with van der Waals surface area (Å²) in [5.41, 5.74) is 4.43. The summed E-state index contributed by atoms with van der Waals surface area (Å²) in [6, 6.07) is 16.0. The number of hydrogen-bond acceptors (Lipinski definition) is 4. The minimum absolute atomic E-state index is 0.0850. The summed E-state index contributed by atoms with van der Waals surface area (Å²) < 4.78 is 5.55. The second kappa shape index (κ2) is 7.58. The van der Waals surface area contributed by atoms with E-state index in [9.17, 15) is 24.6 Å². The van der Waals surface area contributed by atoms with E-state index in [0.29, 0.717) is 0 Å². The summed E-state index contributed by atoms with van der Waals surface area (Å²) in [7, 11) is 0. The summed E-state index contributed by atoms with van der Waals surface area (Å²) >= 11 is 0. The number of amides is 1. The third-order valence-corrected chi connectivity index (χ3v) is 5.84. The first-order valence-corrected chi connectivity index (χ1v) is 9.53. The molecule has 0 aromatic heterocycles.